The van der Waals surface area contributed by atoms with Crippen LogP contribution in [0.15, 0.2) is 5.16 Å². The van der Waals surface area contributed by atoms with Gasteiger partial charge in [-0.3, -0.25) is 0 Å². The van der Waals surface area contributed by atoms with Gasteiger partial charge in [0.15, 0.2) is 12.5 Å². The van der Waals surface area contributed by atoms with Crippen LogP contribution in [0.3, 0.4) is 0 Å². The Morgan fingerprint density at radius 3 is 2.45 bits per heavy atom. The smallest absolute Gasteiger partial charge is 0.249 e. The van der Waals surface area contributed by atoms with Crippen molar-refractivity contribution >= 4 is 38.2 Å². The van der Waals surface area contributed by atoms with E-state index in [1.165, 1.54) is 0 Å². The Bertz CT molecular complexity index is 1390. The Morgan fingerprint density at radius 2 is 1.77 bits per heavy atom. The average molecular weight is 688 g/mol. The van der Waals surface area contributed by atoms with E-state index in [0.29, 0.717) is 51.0 Å². The Balaban J connectivity index is 1.47. The van der Waals surface area contributed by atoms with Gasteiger partial charge in [-0.15, -0.1) is 0 Å². The third-order valence-electron chi connectivity index (χ3n) is 8.23. The maximum atomic E-state index is 12.8. The van der Waals surface area contributed by atoms with Crippen molar-refractivity contribution in [2.24, 2.45) is 0 Å². The van der Waals surface area contributed by atoms with Crippen LogP contribution in [-0.2, 0) is 34.2 Å². The summed E-state index contributed by atoms with van der Waals surface area (Å²) >= 11 is 2.35. The third-order valence-corrected chi connectivity index (χ3v) is 10.1. The lowest BCUT2D eigenvalue weighted by Crippen LogP contribution is -2.48. The van der Waals surface area contributed by atoms with Crippen LogP contribution in [0.1, 0.15) is 76.8 Å². The first-order valence-corrected chi connectivity index (χ1v) is 17.1. The van der Waals surface area contributed by atoms with E-state index in [9.17, 15) is 8.42 Å². The predicted octanol–water partition coefficient (Wildman–Crippen LogP) is 3.83. The number of ether oxygens (including phenoxy) is 4. The summed E-state index contributed by atoms with van der Waals surface area (Å²) < 4.78 is 53.1. The number of halogens is 1. The topological polar surface area (TPSA) is 118 Å². The fourth-order valence-electron chi connectivity index (χ4n) is 6.23. The Kier molecular flexibility index (Phi) is 7.69. The second-order valence-electron chi connectivity index (χ2n) is 12.1. The molecule has 3 fully saturated rings. The molecule has 13 heteroatoms. The molecule has 40 heavy (non-hydrogen) atoms. The molecular formula is C27H38IN5O6S. The van der Waals surface area contributed by atoms with Crippen LogP contribution < -0.4 is 4.90 Å². The van der Waals surface area contributed by atoms with Crippen molar-refractivity contribution in [1.29, 1.82) is 0 Å². The lowest BCUT2D eigenvalue weighted by atomic mass is 9.87. The normalized spacial score (nSPS) is 28.7. The van der Waals surface area contributed by atoms with Gasteiger partial charge in [-0.05, 0) is 81.9 Å². The largest absolute Gasteiger partial charge is 0.377 e. The zero-order chi connectivity index (χ0) is 28.3. The molecule has 6 rings (SSSR count). The van der Waals surface area contributed by atoms with Gasteiger partial charge < -0.3 is 23.8 Å². The molecule has 0 amide bonds. The van der Waals surface area contributed by atoms with Crippen molar-refractivity contribution in [3.63, 3.8) is 0 Å². The van der Waals surface area contributed by atoms with Gasteiger partial charge >= 0.3 is 0 Å². The number of nitrogens with zero attached hydrogens (tertiary/aromatic N) is 5. The molecule has 0 spiro atoms. The quantitative estimate of drug-likeness (QED) is 0.339. The number of hydrogen-bond acceptors (Lipinski definition) is 10. The van der Waals surface area contributed by atoms with Gasteiger partial charge in [0.05, 0.1) is 31.0 Å². The third kappa shape index (κ3) is 5.19. The maximum Gasteiger partial charge on any atom is 0.249 e. The SMILES string of the molecule is CC1(C)c2nc(S(C)(=O)=O)nc(N3CCOC[C@@](C)(OC4CCCCO4)C3)c2-c2nn(C3CCCCO3)c(I)c21. The number of hydrogen-bond donors (Lipinski definition) is 0. The second kappa shape index (κ2) is 10.7. The number of sulfone groups is 1. The number of aromatic nitrogens is 4. The molecule has 5 heterocycles. The molecule has 3 saturated heterocycles. The van der Waals surface area contributed by atoms with Crippen molar-refractivity contribution in [2.75, 3.05) is 50.7 Å². The Labute approximate surface area is 249 Å². The van der Waals surface area contributed by atoms with Crippen LogP contribution in [0.25, 0.3) is 11.3 Å². The van der Waals surface area contributed by atoms with Gasteiger partial charge in [-0.25, -0.2) is 23.1 Å². The summed E-state index contributed by atoms with van der Waals surface area (Å²) in [6.45, 7) is 9.42. The van der Waals surface area contributed by atoms with Gasteiger partial charge in [0.25, 0.3) is 0 Å². The highest BCUT2D eigenvalue weighted by atomic mass is 127. The molecule has 0 saturated carbocycles. The molecule has 0 N–H and O–H groups in total. The van der Waals surface area contributed by atoms with E-state index in [0.717, 1.165) is 65.3 Å². The van der Waals surface area contributed by atoms with Gasteiger partial charge in [0.2, 0.25) is 15.0 Å². The highest BCUT2D eigenvalue weighted by molar-refractivity contribution is 14.1. The molecule has 0 bridgehead atoms. The molecule has 2 aromatic heterocycles. The van der Waals surface area contributed by atoms with Crippen molar-refractivity contribution < 1.29 is 27.4 Å². The van der Waals surface area contributed by atoms with Crippen LogP contribution >= 0.6 is 22.6 Å². The highest BCUT2D eigenvalue weighted by Crippen LogP contribution is 2.53. The van der Waals surface area contributed by atoms with Gasteiger partial charge in [-0.2, -0.15) is 5.10 Å². The molecule has 2 aromatic rings. The minimum atomic E-state index is -3.68. The van der Waals surface area contributed by atoms with Gasteiger partial charge in [-0.1, -0.05) is 0 Å². The van der Waals surface area contributed by atoms with Gasteiger partial charge in [0.1, 0.15) is 20.8 Å². The fraction of sp³-hybridized carbons (Fsp3) is 0.741. The summed E-state index contributed by atoms with van der Waals surface area (Å²) in [5.41, 5.74) is 2.01. The van der Waals surface area contributed by atoms with Crippen molar-refractivity contribution in [2.45, 2.75) is 88.0 Å². The molecule has 3 aliphatic heterocycles. The summed E-state index contributed by atoms with van der Waals surface area (Å²) in [5.74, 6) is 0.549. The number of anilines is 1. The molecular weight excluding hydrogens is 649 g/mol. The lowest BCUT2D eigenvalue weighted by molar-refractivity contribution is -0.227. The van der Waals surface area contributed by atoms with Crippen LogP contribution in [0, 0.1) is 3.70 Å². The highest BCUT2D eigenvalue weighted by Gasteiger charge is 2.47. The first-order chi connectivity index (χ1) is 19.0. The second-order valence-corrected chi connectivity index (χ2v) is 15.0. The summed E-state index contributed by atoms with van der Waals surface area (Å²) in [5, 5.41) is 4.92. The summed E-state index contributed by atoms with van der Waals surface area (Å²) in [7, 11) is -3.68. The van der Waals surface area contributed by atoms with Crippen molar-refractivity contribution in [3.05, 3.63) is 15.0 Å². The number of rotatable bonds is 5. The van der Waals surface area contributed by atoms with E-state index in [-0.39, 0.29) is 17.7 Å². The summed E-state index contributed by atoms with van der Waals surface area (Å²) in [6.07, 6.45) is 6.74. The zero-order valence-corrected chi connectivity index (χ0v) is 26.6. The minimum Gasteiger partial charge on any atom is -0.377 e. The van der Waals surface area contributed by atoms with E-state index in [4.69, 9.17) is 29.0 Å². The van der Waals surface area contributed by atoms with E-state index in [1.54, 1.807) is 0 Å². The molecule has 220 valence electrons. The Hall–Kier alpha value is -1.39. The van der Waals surface area contributed by atoms with Crippen LogP contribution in [0.2, 0.25) is 0 Å². The molecule has 11 nitrogen and oxygen atoms in total. The lowest BCUT2D eigenvalue weighted by Gasteiger charge is -2.37. The predicted molar refractivity (Wildman–Crippen MR) is 156 cm³/mol. The van der Waals surface area contributed by atoms with Crippen LogP contribution in [-0.4, -0.2) is 85.8 Å². The summed E-state index contributed by atoms with van der Waals surface area (Å²) in [4.78, 5) is 11.5. The Morgan fingerprint density at radius 1 is 1.02 bits per heavy atom. The molecule has 1 aliphatic carbocycles. The van der Waals surface area contributed by atoms with Crippen molar-refractivity contribution in [1.82, 2.24) is 19.7 Å². The monoisotopic (exact) mass is 687 g/mol. The standard InChI is InChI=1S/C27H38IN5O6S/c1-26(2)20-21(31-33(23(20)28)17-9-5-7-12-37-17)19-22(26)29-25(40(4,34)35)30-24(19)32-11-14-36-16-27(3,15-32)39-18-10-6-8-13-38-18/h17-18H,5-16H2,1-4H3/t17?,18?,27-/m0/s1. The maximum absolute atomic E-state index is 12.8. The van der Waals surface area contributed by atoms with Gasteiger partial charge in [0, 0.05) is 37.0 Å². The van der Waals surface area contributed by atoms with Crippen LogP contribution in [0.5, 0.6) is 0 Å². The first-order valence-electron chi connectivity index (χ1n) is 14.1. The first kappa shape index (κ1) is 28.7. The molecule has 3 atom stereocenters. The molecule has 2 unspecified atom stereocenters. The van der Waals surface area contributed by atoms with E-state index >= 15 is 0 Å². The van der Waals surface area contributed by atoms with E-state index in [1.807, 2.05) is 11.6 Å². The fourth-order valence-corrected chi connectivity index (χ4v) is 8.08. The van der Waals surface area contributed by atoms with Crippen LogP contribution in [0.4, 0.5) is 5.82 Å². The minimum absolute atomic E-state index is 0.121. The summed E-state index contributed by atoms with van der Waals surface area (Å²) in [6, 6.07) is 0. The molecule has 0 aromatic carbocycles. The zero-order valence-electron chi connectivity index (χ0n) is 23.6. The molecule has 4 aliphatic rings. The average Bonchev–Trinajstić information content (AvgIpc) is 3.29. The van der Waals surface area contributed by atoms with Crippen molar-refractivity contribution in [3.8, 4) is 11.3 Å². The van der Waals surface area contributed by atoms with E-state index < -0.39 is 20.9 Å². The molecule has 0 radical (unpaired) electrons. The van der Waals surface area contributed by atoms with E-state index in [2.05, 4.69) is 46.3 Å². The number of fused-ring (bicyclic) bond motifs is 3.